The summed E-state index contributed by atoms with van der Waals surface area (Å²) < 4.78 is 5.51. The molecule has 0 heterocycles. The van der Waals surface area contributed by atoms with Gasteiger partial charge in [0.1, 0.15) is 5.60 Å². The molecule has 1 amide bonds. The normalized spacial score (nSPS) is 24.6. The van der Waals surface area contributed by atoms with Crippen molar-refractivity contribution in [3.05, 3.63) is 0 Å². The first-order chi connectivity index (χ1) is 10.4. The largest absolute Gasteiger partial charge is 0.444 e. The molecule has 0 aromatic rings. The van der Waals surface area contributed by atoms with Gasteiger partial charge in [0.2, 0.25) is 0 Å². The first kappa shape index (κ1) is 20.3. The van der Waals surface area contributed by atoms with Crippen molar-refractivity contribution in [2.75, 3.05) is 13.1 Å². The molecule has 2 unspecified atom stereocenters. The van der Waals surface area contributed by atoms with E-state index >= 15 is 0 Å². The van der Waals surface area contributed by atoms with E-state index < -0.39 is 5.60 Å². The number of nitrogens with one attached hydrogen (secondary N) is 1. The van der Waals surface area contributed by atoms with Crippen molar-refractivity contribution in [2.45, 2.75) is 92.3 Å². The number of rotatable bonds is 5. The van der Waals surface area contributed by atoms with E-state index in [4.69, 9.17) is 4.74 Å². The summed E-state index contributed by atoms with van der Waals surface area (Å²) in [5, 5.41) is 3.66. The molecule has 0 saturated heterocycles. The van der Waals surface area contributed by atoms with Gasteiger partial charge in [-0.25, -0.2) is 4.79 Å². The summed E-state index contributed by atoms with van der Waals surface area (Å²) in [6, 6.07) is 0.713. The summed E-state index contributed by atoms with van der Waals surface area (Å²) in [4.78, 5) is 14.1. The summed E-state index contributed by atoms with van der Waals surface area (Å²) in [5.41, 5.74) is 0.0270. The minimum atomic E-state index is -0.443. The van der Waals surface area contributed by atoms with Crippen LogP contribution < -0.4 is 5.32 Å². The lowest BCUT2D eigenvalue weighted by atomic mass is 9.70. The van der Waals surface area contributed by atoms with Crippen molar-refractivity contribution in [1.82, 2.24) is 10.2 Å². The van der Waals surface area contributed by atoms with E-state index in [9.17, 15) is 4.79 Å². The lowest BCUT2D eigenvalue weighted by Crippen LogP contribution is -2.47. The van der Waals surface area contributed by atoms with Gasteiger partial charge in [-0.15, -0.1) is 0 Å². The van der Waals surface area contributed by atoms with Crippen LogP contribution in [0, 0.1) is 11.3 Å². The topological polar surface area (TPSA) is 41.6 Å². The highest BCUT2D eigenvalue weighted by atomic mass is 16.6. The molecule has 0 spiro atoms. The third-order valence-corrected chi connectivity index (χ3v) is 4.70. The summed E-state index contributed by atoms with van der Waals surface area (Å²) in [6.07, 6.45) is 3.55. The highest BCUT2D eigenvalue weighted by molar-refractivity contribution is 5.68. The molecular weight excluding hydrogens is 288 g/mol. The number of hydrogen-bond donors (Lipinski definition) is 1. The highest BCUT2D eigenvalue weighted by Crippen LogP contribution is 2.38. The minimum absolute atomic E-state index is 0.148. The van der Waals surface area contributed by atoms with Crippen molar-refractivity contribution in [3.63, 3.8) is 0 Å². The van der Waals surface area contributed by atoms with Crippen molar-refractivity contribution in [3.8, 4) is 0 Å². The fourth-order valence-corrected chi connectivity index (χ4v) is 3.50. The van der Waals surface area contributed by atoms with E-state index in [1.807, 2.05) is 39.5 Å². The van der Waals surface area contributed by atoms with Crippen LogP contribution in [0.25, 0.3) is 0 Å². The third-order valence-electron chi connectivity index (χ3n) is 4.70. The zero-order chi connectivity index (χ0) is 17.8. The van der Waals surface area contributed by atoms with E-state index in [0.29, 0.717) is 23.9 Å². The van der Waals surface area contributed by atoms with Gasteiger partial charge in [0.15, 0.2) is 0 Å². The van der Waals surface area contributed by atoms with E-state index in [2.05, 4.69) is 26.1 Å². The van der Waals surface area contributed by atoms with Crippen molar-refractivity contribution in [2.24, 2.45) is 11.3 Å². The van der Waals surface area contributed by atoms with E-state index in [-0.39, 0.29) is 12.1 Å². The summed E-state index contributed by atoms with van der Waals surface area (Å²) in [7, 11) is 0. The van der Waals surface area contributed by atoms with Crippen molar-refractivity contribution < 1.29 is 9.53 Å². The minimum Gasteiger partial charge on any atom is -0.444 e. The van der Waals surface area contributed by atoms with Crippen molar-refractivity contribution >= 4 is 6.09 Å². The van der Waals surface area contributed by atoms with E-state index in [1.165, 1.54) is 19.3 Å². The molecule has 1 aliphatic carbocycles. The molecule has 4 heteroatoms. The molecule has 0 aliphatic heterocycles. The molecule has 23 heavy (non-hydrogen) atoms. The highest BCUT2D eigenvalue weighted by Gasteiger charge is 2.32. The standard InChI is InChI=1S/C19H38N2O2/c1-14(2)21(17(22)23-18(4,5)6)12-11-20-16-9-10-19(7,8)13-15(16)3/h14-16,20H,9-13H2,1-8H3. The van der Waals surface area contributed by atoms with Gasteiger partial charge in [-0.2, -0.15) is 0 Å². The molecule has 1 aliphatic rings. The third kappa shape index (κ3) is 7.11. The maximum atomic E-state index is 12.3. The molecule has 0 bridgehead atoms. The Kier molecular flexibility index (Phi) is 6.94. The van der Waals surface area contributed by atoms with Crippen LogP contribution in [0.3, 0.4) is 0 Å². The van der Waals surface area contributed by atoms with Gasteiger partial charge in [0, 0.05) is 25.2 Å². The molecule has 1 saturated carbocycles. The summed E-state index contributed by atoms with van der Waals surface area (Å²) in [5.74, 6) is 0.688. The quantitative estimate of drug-likeness (QED) is 0.812. The first-order valence-electron chi connectivity index (χ1n) is 9.14. The average Bonchev–Trinajstić information content (AvgIpc) is 2.33. The van der Waals surface area contributed by atoms with Crippen LogP contribution in [0.1, 0.15) is 74.7 Å². The molecule has 4 nitrogen and oxygen atoms in total. The molecule has 0 radical (unpaired) electrons. The van der Waals surface area contributed by atoms with Gasteiger partial charge >= 0.3 is 6.09 Å². The Morgan fingerprint density at radius 2 is 1.96 bits per heavy atom. The van der Waals surface area contributed by atoms with Crippen LogP contribution >= 0.6 is 0 Å². The fourth-order valence-electron chi connectivity index (χ4n) is 3.50. The number of hydrogen-bond acceptors (Lipinski definition) is 3. The van der Waals surface area contributed by atoms with Crippen LogP contribution in [0.4, 0.5) is 4.79 Å². The average molecular weight is 327 g/mol. The van der Waals surface area contributed by atoms with Crippen LogP contribution in [-0.2, 0) is 4.74 Å². The van der Waals surface area contributed by atoms with Crippen LogP contribution in [-0.4, -0.2) is 41.8 Å². The Bertz CT molecular complexity index is 385. The predicted molar refractivity (Wildman–Crippen MR) is 96.7 cm³/mol. The molecule has 0 aromatic heterocycles. The lowest BCUT2D eigenvalue weighted by Gasteiger charge is -2.40. The SMILES string of the molecule is CC1CC(C)(C)CCC1NCCN(C(=O)OC(C)(C)C)C(C)C. The molecule has 1 rings (SSSR count). The van der Waals surface area contributed by atoms with E-state index in [0.717, 1.165) is 6.54 Å². The molecule has 2 atom stereocenters. The fraction of sp³-hybridized carbons (Fsp3) is 0.947. The number of carbonyl (C=O) groups is 1. The monoisotopic (exact) mass is 326 g/mol. The molecule has 136 valence electrons. The number of nitrogens with zero attached hydrogens (tertiary/aromatic N) is 1. The molecular formula is C19H38N2O2. The Morgan fingerprint density at radius 3 is 2.43 bits per heavy atom. The first-order valence-corrected chi connectivity index (χ1v) is 9.14. The number of ether oxygens (including phenoxy) is 1. The second-order valence-electron chi connectivity index (χ2n) is 9.21. The van der Waals surface area contributed by atoms with Gasteiger partial charge in [0.05, 0.1) is 0 Å². The van der Waals surface area contributed by atoms with Crippen LogP contribution in [0.2, 0.25) is 0 Å². The summed E-state index contributed by atoms with van der Waals surface area (Å²) in [6.45, 7) is 18.4. The van der Waals surface area contributed by atoms with Gasteiger partial charge in [-0.05, 0) is 65.2 Å². The predicted octanol–water partition coefficient (Wildman–Crippen LogP) is 4.44. The number of amides is 1. The molecule has 0 aromatic carbocycles. The zero-order valence-electron chi connectivity index (χ0n) is 16.5. The Morgan fingerprint density at radius 1 is 1.35 bits per heavy atom. The van der Waals surface area contributed by atoms with Gasteiger partial charge in [0.25, 0.3) is 0 Å². The molecule has 1 fully saturated rings. The zero-order valence-corrected chi connectivity index (χ0v) is 16.5. The van der Waals surface area contributed by atoms with Gasteiger partial charge in [-0.1, -0.05) is 20.8 Å². The maximum absolute atomic E-state index is 12.3. The van der Waals surface area contributed by atoms with Crippen molar-refractivity contribution in [1.29, 1.82) is 0 Å². The van der Waals surface area contributed by atoms with Crippen LogP contribution in [0.15, 0.2) is 0 Å². The van der Waals surface area contributed by atoms with Gasteiger partial charge in [-0.3, -0.25) is 0 Å². The lowest BCUT2D eigenvalue weighted by molar-refractivity contribution is 0.0189. The molecule has 1 N–H and O–H groups in total. The number of carbonyl (C=O) groups excluding carboxylic acids is 1. The van der Waals surface area contributed by atoms with Gasteiger partial charge < -0.3 is 15.0 Å². The van der Waals surface area contributed by atoms with E-state index in [1.54, 1.807) is 0 Å². The van der Waals surface area contributed by atoms with Crippen LogP contribution in [0.5, 0.6) is 0 Å². The Labute approximate surface area is 143 Å². The summed E-state index contributed by atoms with van der Waals surface area (Å²) >= 11 is 0. The second kappa shape index (κ2) is 7.87. The Hall–Kier alpha value is -0.770. The maximum Gasteiger partial charge on any atom is 0.410 e. The Balaban J connectivity index is 2.46. The second-order valence-corrected chi connectivity index (χ2v) is 9.21. The smallest absolute Gasteiger partial charge is 0.410 e.